The first-order valence-electron chi connectivity index (χ1n) is 11.0. The molecule has 0 aliphatic carbocycles. The van der Waals surface area contributed by atoms with Crippen LogP contribution < -0.4 is 0 Å². The van der Waals surface area contributed by atoms with Crippen LogP contribution in [0.2, 0.25) is 0 Å². The van der Waals surface area contributed by atoms with Crippen LogP contribution in [0.4, 0.5) is 0 Å². The number of aromatic nitrogens is 2. The topological polar surface area (TPSA) is 25.8 Å². The molecule has 0 radical (unpaired) electrons. The molecular formula is C30H26N2. The van der Waals surface area contributed by atoms with Gasteiger partial charge in [-0.1, -0.05) is 81.4 Å². The molecule has 3 aromatic carbocycles. The molecule has 0 fully saturated rings. The number of hydrogen-bond donors (Lipinski definition) is 0. The van der Waals surface area contributed by atoms with Crippen molar-refractivity contribution in [2.75, 3.05) is 0 Å². The minimum Gasteiger partial charge on any atom is -0.264 e. The summed E-state index contributed by atoms with van der Waals surface area (Å²) in [5, 5.41) is 2.37. The Morgan fingerprint density at radius 2 is 1.31 bits per heavy atom. The van der Waals surface area contributed by atoms with E-state index in [2.05, 4.69) is 97.5 Å². The average Bonchev–Trinajstić information content (AvgIpc) is 2.83. The molecule has 5 aromatic rings. The molecular weight excluding hydrogens is 388 g/mol. The van der Waals surface area contributed by atoms with Gasteiger partial charge >= 0.3 is 0 Å². The molecule has 0 aliphatic heterocycles. The fourth-order valence-electron chi connectivity index (χ4n) is 4.23. The van der Waals surface area contributed by atoms with Crippen molar-refractivity contribution >= 4 is 10.8 Å². The summed E-state index contributed by atoms with van der Waals surface area (Å²) in [5.74, 6) is 0. The van der Waals surface area contributed by atoms with Gasteiger partial charge < -0.3 is 0 Å². The molecule has 0 aliphatic rings. The number of fused-ring (bicyclic) bond motifs is 1. The summed E-state index contributed by atoms with van der Waals surface area (Å²) in [6, 6.07) is 30.1. The van der Waals surface area contributed by atoms with Crippen LogP contribution in [0.15, 0.2) is 104 Å². The van der Waals surface area contributed by atoms with Crippen LogP contribution in [-0.2, 0) is 5.41 Å². The van der Waals surface area contributed by atoms with Crippen molar-refractivity contribution in [1.29, 1.82) is 0 Å². The van der Waals surface area contributed by atoms with Gasteiger partial charge in [-0.25, -0.2) is 0 Å². The molecule has 0 spiro atoms. The standard InChI is InChI=1S/C30H26N2/c1-30(2,3)24-11-7-9-22(19-24)25-13-14-26(28-20-31-17-15-27(25)28)21-8-6-10-23(18-21)29-12-4-5-16-32-29/h4-20H,1-3H3. The molecule has 156 valence electrons. The van der Waals surface area contributed by atoms with E-state index in [1.165, 1.54) is 33.2 Å². The summed E-state index contributed by atoms with van der Waals surface area (Å²) in [6.45, 7) is 6.77. The van der Waals surface area contributed by atoms with E-state index in [4.69, 9.17) is 0 Å². The van der Waals surface area contributed by atoms with Crippen LogP contribution in [0.1, 0.15) is 26.3 Å². The molecule has 2 aromatic heterocycles. The van der Waals surface area contributed by atoms with Crippen LogP contribution >= 0.6 is 0 Å². The third kappa shape index (κ3) is 3.80. The zero-order valence-corrected chi connectivity index (χ0v) is 18.7. The largest absolute Gasteiger partial charge is 0.264 e. The molecule has 32 heavy (non-hydrogen) atoms. The SMILES string of the molecule is CC(C)(C)c1cccc(-c2ccc(-c3cccc(-c4ccccn4)c3)c3cnccc23)c1. The fraction of sp³-hybridized carbons (Fsp3) is 0.133. The highest BCUT2D eigenvalue weighted by molar-refractivity contribution is 6.04. The fourth-order valence-corrected chi connectivity index (χ4v) is 4.23. The third-order valence-corrected chi connectivity index (χ3v) is 5.99. The molecule has 0 saturated carbocycles. The highest BCUT2D eigenvalue weighted by atomic mass is 14.7. The van der Waals surface area contributed by atoms with Crippen molar-refractivity contribution < 1.29 is 0 Å². The van der Waals surface area contributed by atoms with E-state index in [9.17, 15) is 0 Å². The maximum absolute atomic E-state index is 4.52. The lowest BCUT2D eigenvalue weighted by Gasteiger charge is -2.20. The molecule has 2 heterocycles. The maximum Gasteiger partial charge on any atom is 0.0702 e. The van der Waals surface area contributed by atoms with Gasteiger partial charge in [0.25, 0.3) is 0 Å². The number of nitrogens with zero attached hydrogens (tertiary/aromatic N) is 2. The predicted octanol–water partition coefficient (Wildman–Crippen LogP) is 7.93. The van der Waals surface area contributed by atoms with E-state index in [0.717, 1.165) is 16.6 Å². The van der Waals surface area contributed by atoms with E-state index in [0.29, 0.717) is 0 Å². The minimum absolute atomic E-state index is 0.110. The molecule has 0 unspecified atom stereocenters. The first-order chi connectivity index (χ1) is 15.5. The van der Waals surface area contributed by atoms with Gasteiger partial charge in [0.15, 0.2) is 0 Å². The van der Waals surface area contributed by atoms with Gasteiger partial charge in [-0.3, -0.25) is 9.97 Å². The van der Waals surface area contributed by atoms with E-state index >= 15 is 0 Å². The van der Waals surface area contributed by atoms with Gasteiger partial charge in [0.1, 0.15) is 0 Å². The smallest absolute Gasteiger partial charge is 0.0702 e. The van der Waals surface area contributed by atoms with Gasteiger partial charge in [-0.2, -0.15) is 0 Å². The number of pyridine rings is 2. The maximum atomic E-state index is 4.52. The molecule has 0 bridgehead atoms. The number of hydrogen-bond acceptors (Lipinski definition) is 2. The van der Waals surface area contributed by atoms with Crippen molar-refractivity contribution in [3.63, 3.8) is 0 Å². The lowest BCUT2D eigenvalue weighted by Crippen LogP contribution is -2.10. The zero-order chi connectivity index (χ0) is 22.1. The lowest BCUT2D eigenvalue weighted by atomic mass is 9.84. The van der Waals surface area contributed by atoms with Gasteiger partial charge in [-0.15, -0.1) is 0 Å². The summed E-state index contributed by atoms with van der Waals surface area (Å²) in [4.78, 5) is 8.97. The lowest BCUT2D eigenvalue weighted by molar-refractivity contribution is 0.590. The van der Waals surface area contributed by atoms with Crippen LogP contribution in [0.3, 0.4) is 0 Å². The summed E-state index contributed by atoms with van der Waals surface area (Å²) < 4.78 is 0. The highest BCUT2D eigenvalue weighted by Crippen LogP contribution is 2.37. The Morgan fingerprint density at radius 1 is 0.594 bits per heavy atom. The zero-order valence-electron chi connectivity index (χ0n) is 18.7. The van der Waals surface area contributed by atoms with Gasteiger partial charge in [0, 0.05) is 29.5 Å². The van der Waals surface area contributed by atoms with Crippen LogP contribution in [-0.4, -0.2) is 9.97 Å². The normalized spacial score (nSPS) is 11.6. The second kappa shape index (κ2) is 8.05. The Bertz CT molecular complexity index is 1400. The molecule has 0 amide bonds. The van der Waals surface area contributed by atoms with Gasteiger partial charge in [0.05, 0.1) is 5.69 Å². The van der Waals surface area contributed by atoms with Gasteiger partial charge in [0.2, 0.25) is 0 Å². The van der Waals surface area contributed by atoms with Crippen molar-refractivity contribution in [3.8, 4) is 33.5 Å². The first-order valence-corrected chi connectivity index (χ1v) is 11.0. The highest BCUT2D eigenvalue weighted by Gasteiger charge is 2.16. The second-order valence-electron chi connectivity index (χ2n) is 9.21. The van der Waals surface area contributed by atoms with Crippen molar-refractivity contribution in [1.82, 2.24) is 9.97 Å². The minimum atomic E-state index is 0.110. The van der Waals surface area contributed by atoms with E-state index in [-0.39, 0.29) is 5.41 Å². The summed E-state index contributed by atoms with van der Waals surface area (Å²) in [7, 11) is 0. The summed E-state index contributed by atoms with van der Waals surface area (Å²) in [5.41, 5.74) is 8.36. The quantitative estimate of drug-likeness (QED) is 0.299. The molecule has 2 nitrogen and oxygen atoms in total. The van der Waals surface area contributed by atoms with Crippen molar-refractivity contribution in [2.45, 2.75) is 26.2 Å². The Kier molecular flexibility index (Phi) is 5.07. The average molecular weight is 415 g/mol. The Balaban J connectivity index is 1.66. The van der Waals surface area contributed by atoms with E-state index in [1.807, 2.05) is 36.8 Å². The summed E-state index contributed by atoms with van der Waals surface area (Å²) >= 11 is 0. The van der Waals surface area contributed by atoms with E-state index in [1.54, 1.807) is 0 Å². The van der Waals surface area contributed by atoms with Crippen LogP contribution in [0.25, 0.3) is 44.3 Å². The van der Waals surface area contributed by atoms with Crippen molar-refractivity contribution in [2.24, 2.45) is 0 Å². The Labute approximate surface area is 189 Å². The van der Waals surface area contributed by atoms with Crippen LogP contribution in [0, 0.1) is 0 Å². The first kappa shape index (κ1) is 20.1. The Hall–Kier alpha value is -3.78. The predicted molar refractivity (Wildman–Crippen MR) is 135 cm³/mol. The van der Waals surface area contributed by atoms with Gasteiger partial charge in [-0.05, 0) is 62.9 Å². The second-order valence-corrected chi connectivity index (χ2v) is 9.21. The molecule has 0 N–H and O–H groups in total. The molecule has 0 saturated heterocycles. The summed E-state index contributed by atoms with van der Waals surface area (Å²) in [6.07, 6.45) is 5.70. The van der Waals surface area contributed by atoms with E-state index < -0.39 is 0 Å². The molecule has 2 heteroatoms. The van der Waals surface area contributed by atoms with Crippen LogP contribution in [0.5, 0.6) is 0 Å². The molecule has 5 rings (SSSR count). The Morgan fingerprint density at radius 3 is 2.06 bits per heavy atom. The van der Waals surface area contributed by atoms with Crippen molar-refractivity contribution in [3.05, 3.63) is 109 Å². The number of rotatable bonds is 3. The monoisotopic (exact) mass is 414 g/mol. The number of benzene rings is 3. The molecule has 0 atom stereocenters. The third-order valence-electron chi connectivity index (χ3n) is 5.99.